The Morgan fingerprint density at radius 1 is 1.33 bits per heavy atom. The van der Waals surface area contributed by atoms with Crippen molar-refractivity contribution in [1.82, 2.24) is 0 Å². The fourth-order valence-corrected chi connectivity index (χ4v) is 2.20. The zero-order valence-electron chi connectivity index (χ0n) is 9.17. The van der Waals surface area contributed by atoms with Crippen molar-refractivity contribution in [3.8, 4) is 0 Å². The number of halogens is 1. The molecule has 0 aliphatic carbocycles. The average Bonchev–Trinajstić information content (AvgIpc) is 2.44. The van der Waals surface area contributed by atoms with Gasteiger partial charge < -0.3 is 4.74 Å². The van der Waals surface area contributed by atoms with Crippen LogP contribution in [0, 0.1) is 6.92 Å². The lowest BCUT2D eigenvalue weighted by Crippen LogP contribution is -2.17. The molecule has 15 heavy (non-hydrogen) atoms. The van der Waals surface area contributed by atoms with Crippen molar-refractivity contribution in [3.05, 3.63) is 33.8 Å². The third kappa shape index (κ3) is 2.40. The van der Waals surface area contributed by atoms with Gasteiger partial charge in [-0.05, 0) is 44.5 Å². The van der Waals surface area contributed by atoms with E-state index < -0.39 is 0 Å². The number of hydrogen-bond donors (Lipinski definition) is 0. The maximum Gasteiger partial charge on any atom is 0.216 e. The van der Waals surface area contributed by atoms with Crippen molar-refractivity contribution in [1.29, 1.82) is 0 Å². The Balaban J connectivity index is 2.39. The first-order chi connectivity index (χ1) is 6.96. The summed E-state index contributed by atoms with van der Waals surface area (Å²) in [7, 11) is 0. The first-order valence-corrected chi connectivity index (χ1v) is 5.76. The van der Waals surface area contributed by atoms with E-state index in [1.807, 2.05) is 6.07 Å². The van der Waals surface area contributed by atoms with Gasteiger partial charge >= 0.3 is 0 Å². The van der Waals surface area contributed by atoms with E-state index in [0.29, 0.717) is 6.61 Å². The monoisotopic (exact) mass is 267 g/mol. The van der Waals surface area contributed by atoms with E-state index in [4.69, 9.17) is 4.74 Å². The highest BCUT2D eigenvalue weighted by atomic mass is 79.9. The average molecular weight is 268 g/mol. The summed E-state index contributed by atoms with van der Waals surface area (Å²) in [6.07, 6.45) is 0. The van der Waals surface area contributed by atoms with Crippen molar-refractivity contribution in [2.75, 3.05) is 6.61 Å². The third-order valence-electron chi connectivity index (χ3n) is 2.26. The number of aryl methyl sites for hydroxylation is 1. The Labute approximate surface area is 98.5 Å². The number of nitrogens with zero attached hydrogens (tertiary/aromatic N) is 1. The molecule has 2 rings (SSSR count). The van der Waals surface area contributed by atoms with Crippen molar-refractivity contribution in [2.45, 2.75) is 26.3 Å². The predicted octanol–water partition coefficient (Wildman–Crippen LogP) is 3.31. The Morgan fingerprint density at radius 3 is 2.60 bits per heavy atom. The second-order valence-electron chi connectivity index (χ2n) is 4.54. The number of aliphatic imine (C=N–C) groups is 1. The maximum atomic E-state index is 5.59. The minimum absolute atomic E-state index is 0.0917. The van der Waals surface area contributed by atoms with Gasteiger partial charge in [-0.25, -0.2) is 4.99 Å². The molecule has 1 heterocycles. The van der Waals surface area contributed by atoms with Crippen molar-refractivity contribution in [2.24, 2.45) is 4.99 Å². The topological polar surface area (TPSA) is 21.6 Å². The molecule has 0 saturated heterocycles. The lowest BCUT2D eigenvalue weighted by atomic mass is 10.1. The Bertz CT molecular complexity index is 403. The first kappa shape index (κ1) is 10.7. The minimum Gasteiger partial charge on any atom is -0.475 e. The highest BCUT2D eigenvalue weighted by Gasteiger charge is 2.27. The van der Waals surface area contributed by atoms with Crippen molar-refractivity contribution in [3.63, 3.8) is 0 Å². The summed E-state index contributed by atoms with van der Waals surface area (Å²) in [5, 5.41) is 0. The van der Waals surface area contributed by atoms with Gasteiger partial charge in [0.1, 0.15) is 6.61 Å². The van der Waals surface area contributed by atoms with Crippen LogP contribution < -0.4 is 0 Å². The lowest BCUT2D eigenvalue weighted by Gasteiger charge is -2.07. The zero-order valence-corrected chi connectivity index (χ0v) is 10.8. The van der Waals surface area contributed by atoms with Gasteiger partial charge in [0.15, 0.2) is 0 Å². The van der Waals surface area contributed by atoms with Crippen LogP contribution in [0.25, 0.3) is 0 Å². The second-order valence-corrected chi connectivity index (χ2v) is 5.45. The van der Waals surface area contributed by atoms with Crippen molar-refractivity contribution < 1.29 is 4.74 Å². The molecule has 0 fully saturated rings. The molecule has 1 aromatic rings. The van der Waals surface area contributed by atoms with Crippen LogP contribution in [0.3, 0.4) is 0 Å². The summed E-state index contributed by atoms with van der Waals surface area (Å²) < 4.78 is 6.66. The summed E-state index contributed by atoms with van der Waals surface area (Å²) in [5.74, 6) is 0.754. The smallest absolute Gasteiger partial charge is 0.216 e. The third-order valence-corrected chi connectivity index (χ3v) is 2.71. The van der Waals surface area contributed by atoms with Gasteiger partial charge in [-0.15, -0.1) is 0 Å². The number of hydrogen-bond acceptors (Lipinski definition) is 2. The second kappa shape index (κ2) is 3.63. The molecular weight excluding hydrogens is 254 g/mol. The van der Waals surface area contributed by atoms with Crippen LogP contribution in [0.2, 0.25) is 0 Å². The van der Waals surface area contributed by atoms with Crippen molar-refractivity contribution >= 4 is 21.8 Å². The van der Waals surface area contributed by atoms with Gasteiger partial charge in [0.05, 0.1) is 5.54 Å². The fraction of sp³-hybridized carbons (Fsp3) is 0.417. The molecular formula is C12H14BrNO. The summed E-state index contributed by atoms with van der Waals surface area (Å²) >= 11 is 3.48. The Hall–Kier alpha value is -0.830. The van der Waals surface area contributed by atoms with Crippen LogP contribution in [0.1, 0.15) is 25.0 Å². The van der Waals surface area contributed by atoms with Gasteiger partial charge in [-0.3, -0.25) is 0 Å². The Morgan fingerprint density at radius 2 is 2.07 bits per heavy atom. The summed E-state index contributed by atoms with van der Waals surface area (Å²) in [6, 6.07) is 6.20. The summed E-state index contributed by atoms with van der Waals surface area (Å²) in [4.78, 5) is 4.55. The number of ether oxygens (including phenoxy) is 1. The van der Waals surface area contributed by atoms with Gasteiger partial charge in [-0.2, -0.15) is 0 Å². The highest BCUT2D eigenvalue weighted by molar-refractivity contribution is 9.10. The van der Waals surface area contributed by atoms with Gasteiger partial charge in [0.2, 0.25) is 5.90 Å². The molecule has 0 radical (unpaired) electrons. The van der Waals surface area contributed by atoms with E-state index in [9.17, 15) is 0 Å². The van der Waals surface area contributed by atoms with Crippen LogP contribution in [-0.4, -0.2) is 18.0 Å². The van der Waals surface area contributed by atoms with E-state index in [0.717, 1.165) is 15.9 Å². The van der Waals surface area contributed by atoms with E-state index >= 15 is 0 Å². The number of rotatable bonds is 1. The summed E-state index contributed by atoms with van der Waals surface area (Å²) in [6.45, 7) is 6.87. The molecule has 2 nitrogen and oxygen atoms in total. The van der Waals surface area contributed by atoms with Crippen LogP contribution in [0.5, 0.6) is 0 Å². The molecule has 0 N–H and O–H groups in total. The molecule has 1 aromatic carbocycles. The summed E-state index contributed by atoms with van der Waals surface area (Å²) in [5.41, 5.74) is 2.16. The molecule has 0 bridgehead atoms. The standard InChI is InChI=1S/C12H14BrNO/c1-8-4-9(6-10(13)5-8)11-14-12(2,3)7-15-11/h4-6H,7H2,1-3H3. The van der Waals surface area contributed by atoms with Gasteiger partial charge in [0, 0.05) is 10.0 Å². The Kier molecular flexibility index (Phi) is 2.59. The largest absolute Gasteiger partial charge is 0.475 e. The maximum absolute atomic E-state index is 5.59. The van der Waals surface area contributed by atoms with E-state index in [-0.39, 0.29) is 5.54 Å². The molecule has 0 unspecified atom stereocenters. The normalized spacial score (nSPS) is 18.5. The van der Waals surface area contributed by atoms with E-state index in [2.05, 4.69) is 53.8 Å². The molecule has 0 atom stereocenters. The lowest BCUT2D eigenvalue weighted by molar-refractivity contribution is 0.279. The number of benzene rings is 1. The van der Waals surface area contributed by atoms with Crippen LogP contribution in [0.4, 0.5) is 0 Å². The SMILES string of the molecule is Cc1cc(Br)cc(C2=NC(C)(C)CO2)c1. The first-order valence-electron chi connectivity index (χ1n) is 4.96. The molecule has 1 aliphatic rings. The van der Waals surface area contributed by atoms with E-state index in [1.165, 1.54) is 5.56 Å². The van der Waals surface area contributed by atoms with Gasteiger partial charge in [-0.1, -0.05) is 15.9 Å². The minimum atomic E-state index is -0.0917. The molecule has 0 saturated carbocycles. The van der Waals surface area contributed by atoms with Gasteiger partial charge in [0.25, 0.3) is 0 Å². The highest BCUT2D eigenvalue weighted by Crippen LogP contribution is 2.23. The quantitative estimate of drug-likeness (QED) is 0.765. The molecule has 80 valence electrons. The van der Waals surface area contributed by atoms with Crippen LogP contribution in [-0.2, 0) is 4.74 Å². The molecule has 0 amide bonds. The molecule has 1 aliphatic heterocycles. The van der Waals surface area contributed by atoms with Crippen LogP contribution >= 0.6 is 15.9 Å². The molecule has 0 aromatic heterocycles. The molecule has 3 heteroatoms. The zero-order chi connectivity index (χ0) is 11.1. The van der Waals surface area contributed by atoms with Crippen LogP contribution in [0.15, 0.2) is 27.7 Å². The molecule has 0 spiro atoms. The van der Waals surface area contributed by atoms with E-state index in [1.54, 1.807) is 0 Å². The fourth-order valence-electron chi connectivity index (χ4n) is 1.59. The predicted molar refractivity (Wildman–Crippen MR) is 65.4 cm³/mol.